The second-order valence-electron chi connectivity index (χ2n) is 3.36. The first kappa shape index (κ1) is 12.2. The van der Waals surface area contributed by atoms with E-state index in [-0.39, 0.29) is 6.61 Å². The van der Waals surface area contributed by atoms with Gasteiger partial charge in [0.05, 0.1) is 6.04 Å². The molecule has 4 heteroatoms. The van der Waals surface area contributed by atoms with Gasteiger partial charge in [0.1, 0.15) is 12.9 Å². The molecule has 0 aromatic heterocycles. The zero-order chi connectivity index (χ0) is 11.8. The van der Waals surface area contributed by atoms with Crippen LogP contribution in [0.4, 0.5) is 4.79 Å². The number of carbonyl (C=O) groups is 2. The van der Waals surface area contributed by atoms with Crippen molar-refractivity contribution in [2.75, 3.05) is 0 Å². The number of carbonyl (C=O) groups excluding carboxylic acids is 2. The Balaban J connectivity index is 2.33. The maximum atomic E-state index is 11.3. The quantitative estimate of drug-likeness (QED) is 0.772. The third-order valence-electron chi connectivity index (χ3n) is 2.12. The molecule has 0 saturated carbocycles. The van der Waals surface area contributed by atoms with Crippen LogP contribution in [0.15, 0.2) is 30.3 Å². The van der Waals surface area contributed by atoms with E-state index in [0.717, 1.165) is 5.56 Å². The summed E-state index contributed by atoms with van der Waals surface area (Å²) in [5.41, 5.74) is 0.914. The summed E-state index contributed by atoms with van der Waals surface area (Å²) in [4.78, 5) is 21.7. The average Bonchev–Trinajstić information content (AvgIpc) is 2.34. The van der Waals surface area contributed by atoms with Gasteiger partial charge in [-0.3, -0.25) is 0 Å². The Morgan fingerprint density at radius 1 is 1.44 bits per heavy atom. The first-order valence-electron chi connectivity index (χ1n) is 5.18. The van der Waals surface area contributed by atoms with Crippen LogP contribution in [0.25, 0.3) is 0 Å². The highest BCUT2D eigenvalue weighted by Gasteiger charge is 2.09. The molecule has 0 spiro atoms. The van der Waals surface area contributed by atoms with Crippen LogP contribution in [0.3, 0.4) is 0 Å². The molecule has 0 aliphatic rings. The number of rotatable bonds is 5. The first-order valence-corrected chi connectivity index (χ1v) is 5.18. The molecule has 1 N–H and O–H groups in total. The van der Waals surface area contributed by atoms with Crippen molar-refractivity contribution in [2.45, 2.75) is 26.0 Å². The predicted molar refractivity (Wildman–Crippen MR) is 59.9 cm³/mol. The van der Waals surface area contributed by atoms with Crippen LogP contribution in [0, 0.1) is 0 Å². The molecule has 0 bridgehead atoms. The lowest BCUT2D eigenvalue weighted by atomic mass is 10.2. The van der Waals surface area contributed by atoms with Gasteiger partial charge in [0, 0.05) is 0 Å². The van der Waals surface area contributed by atoms with Crippen LogP contribution in [0.1, 0.15) is 18.9 Å². The maximum Gasteiger partial charge on any atom is 0.408 e. The van der Waals surface area contributed by atoms with Crippen molar-refractivity contribution in [2.24, 2.45) is 0 Å². The Bertz CT molecular complexity index is 337. The fraction of sp³-hybridized carbons (Fsp3) is 0.333. The molecule has 1 amide bonds. The van der Waals surface area contributed by atoms with Crippen molar-refractivity contribution < 1.29 is 14.3 Å². The summed E-state index contributed by atoms with van der Waals surface area (Å²) in [5.74, 6) is 0. The molecular weight excluding hydrogens is 206 g/mol. The van der Waals surface area contributed by atoms with Crippen molar-refractivity contribution in [1.29, 1.82) is 0 Å². The average molecular weight is 221 g/mol. The van der Waals surface area contributed by atoms with Crippen molar-refractivity contribution in [3.05, 3.63) is 35.9 Å². The van der Waals surface area contributed by atoms with Gasteiger partial charge in [0.2, 0.25) is 0 Å². The van der Waals surface area contributed by atoms with E-state index < -0.39 is 12.1 Å². The van der Waals surface area contributed by atoms with E-state index in [1.54, 1.807) is 0 Å². The lowest BCUT2D eigenvalue weighted by Gasteiger charge is -2.10. The standard InChI is InChI=1S/C12H15NO3/c1-2-11(8-14)13-12(15)16-9-10-6-4-3-5-7-10/h3-8,11H,2,9H2,1H3,(H,13,15)/t11-/m1/s1. The van der Waals surface area contributed by atoms with Crippen molar-refractivity contribution in [1.82, 2.24) is 5.32 Å². The lowest BCUT2D eigenvalue weighted by molar-refractivity contribution is -0.109. The minimum atomic E-state index is -0.567. The molecule has 0 aliphatic heterocycles. The van der Waals surface area contributed by atoms with Crippen molar-refractivity contribution in [3.63, 3.8) is 0 Å². The number of ether oxygens (including phenoxy) is 1. The predicted octanol–water partition coefficient (Wildman–Crippen LogP) is 1.89. The van der Waals surface area contributed by atoms with E-state index in [0.29, 0.717) is 12.7 Å². The van der Waals surface area contributed by atoms with Crippen LogP contribution in [-0.2, 0) is 16.1 Å². The largest absolute Gasteiger partial charge is 0.445 e. The van der Waals surface area contributed by atoms with Crippen LogP contribution in [0.5, 0.6) is 0 Å². The molecule has 0 fully saturated rings. The fourth-order valence-electron chi connectivity index (χ4n) is 1.15. The number of alkyl carbamates (subject to hydrolysis) is 1. The normalized spacial score (nSPS) is 11.6. The Morgan fingerprint density at radius 2 is 2.12 bits per heavy atom. The summed E-state index contributed by atoms with van der Waals surface area (Å²) >= 11 is 0. The molecular formula is C12H15NO3. The van der Waals surface area contributed by atoms with Crippen LogP contribution in [-0.4, -0.2) is 18.4 Å². The third kappa shape index (κ3) is 4.13. The van der Waals surface area contributed by atoms with Gasteiger partial charge in [-0.05, 0) is 12.0 Å². The number of benzene rings is 1. The molecule has 0 unspecified atom stereocenters. The molecule has 86 valence electrons. The number of amides is 1. The monoisotopic (exact) mass is 221 g/mol. The van der Waals surface area contributed by atoms with Gasteiger partial charge < -0.3 is 14.8 Å². The van der Waals surface area contributed by atoms with Crippen LogP contribution < -0.4 is 5.32 Å². The van der Waals surface area contributed by atoms with Crippen LogP contribution in [0.2, 0.25) is 0 Å². The summed E-state index contributed by atoms with van der Waals surface area (Å²) in [7, 11) is 0. The smallest absolute Gasteiger partial charge is 0.408 e. The number of hydrogen-bond acceptors (Lipinski definition) is 3. The molecule has 1 aromatic carbocycles. The highest BCUT2D eigenvalue weighted by atomic mass is 16.5. The third-order valence-corrected chi connectivity index (χ3v) is 2.12. The van der Waals surface area contributed by atoms with Gasteiger partial charge in [-0.1, -0.05) is 37.3 Å². The Hall–Kier alpha value is -1.84. The number of aldehydes is 1. The summed E-state index contributed by atoms with van der Waals surface area (Å²) < 4.78 is 4.95. The van der Waals surface area contributed by atoms with E-state index in [2.05, 4.69) is 5.32 Å². The topological polar surface area (TPSA) is 55.4 Å². The van der Waals surface area contributed by atoms with Crippen molar-refractivity contribution >= 4 is 12.4 Å². The zero-order valence-electron chi connectivity index (χ0n) is 9.18. The van der Waals surface area contributed by atoms with E-state index >= 15 is 0 Å². The molecule has 16 heavy (non-hydrogen) atoms. The lowest BCUT2D eigenvalue weighted by Crippen LogP contribution is -2.35. The first-order chi connectivity index (χ1) is 7.76. The molecule has 0 radical (unpaired) electrons. The van der Waals surface area contributed by atoms with Crippen LogP contribution >= 0.6 is 0 Å². The fourth-order valence-corrected chi connectivity index (χ4v) is 1.15. The summed E-state index contributed by atoms with van der Waals surface area (Å²) in [5, 5.41) is 2.46. The van der Waals surface area contributed by atoms with E-state index in [1.807, 2.05) is 37.3 Å². The van der Waals surface area contributed by atoms with Gasteiger partial charge in [0.25, 0.3) is 0 Å². The van der Waals surface area contributed by atoms with E-state index in [4.69, 9.17) is 4.74 Å². The summed E-state index contributed by atoms with van der Waals surface area (Å²) in [6, 6.07) is 8.90. The molecule has 0 aliphatic carbocycles. The Morgan fingerprint density at radius 3 is 2.69 bits per heavy atom. The minimum absolute atomic E-state index is 0.210. The van der Waals surface area contributed by atoms with Gasteiger partial charge >= 0.3 is 6.09 Å². The van der Waals surface area contributed by atoms with Gasteiger partial charge in [0.15, 0.2) is 0 Å². The minimum Gasteiger partial charge on any atom is -0.445 e. The maximum absolute atomic E-state index is 11.3. The Kier molecular flexibility index (Phi) is 5.05. The summed E-state index contributed by atoms with van der Waals surface area (Å²) in [6.07, 6.45) is 0.691. The number of hydrogen-bond donors (Lipinski definition) is 1. The SMILES string of the molecule is CC[C@H](C=O)NC(=O)OCc1ccccc1. The highest BCUT2D eigenvalue weighted by Crippen LogP contribution is 2.00. The molecule has 1 atom stereocenters. The molecule has 1 aromatic rings. The molecule has 0 saturated heterocycles. The summed E-state index contributed by atoms with van der Waals surface area (Å²) in [6.45, 7) is 2.03. The molecule has 4 nitrogen and oxygen atoms in total. The highest BCUT2D eigenvalue weighted by molar-refractivity contribution is 5.72. The second-order valence-corrected chi connectivity index (χ2v) is 3.36. The zero-order valence-corrected chi connectivity index (χ0v) is 9.18. The van der Waals surface area contributed by atoms with Gasteiger partial charge in [-0.15, -0.1) is 0 Å². The van der Waals surface area contributed by atoms with Gasteiger partial charge in [-0.2, -0.15) is 0 Å². The van der Waals surface area contributed by atoms with E-state index in [9.17, 15) is 9.59 Å². The molecule has 0 heterocycles. The Labute approximate surface area is 94.6 Å². The van der Waals surface area contributed by atoms with Crippen molar-refractivity contribution in [3.8, 4) is 0 Å². The van der Waals surface area contributed by atoms with Gasteiger partial charge in [-0.25, -0.2) is 4.79 Å². The molecule has 1 rings (SSSR count). The van der Waals surface area contributed by atoms with E-state index in [1.165, 1.54) is 0 Å². The second kappa shape index (κ2) is 6.61. The number of nitrogens with one attached hydrogen (secondary N) is 1.